The molecule has 1 aromatic heterocycles. The number of piperazine rings is 1. The van der Waals surface area contributed by atoms with Crippen molar-refractivity contribution in [1.29, 1.82) is 0 Å². The number of allylic oxidation sites excluding steroid dienone is 5. The van der Waals surface area contributed by atoms with E-state index in [2.05, 4.69) is 40.4 Å². The van der Waals surface area contributed by atoms with Gasteiger partial charge >= 0.3 is 6.18 Å². The van der Waals surface area contributed by atoms with E-state index in [0.717, 1.165) is 6.07 Å². The van der Waals surface area contributed by atoms with Crippen molar-refractivity contribution in [3.63, 3.8) is 0 Å². The molecule has 11 heteroatoms. The SMILES string of the molecule is C=C/C=C\C(=C/C)C(=O)c1nc(-c2ccc(C(F)(F)F)c(C)c2)cnc1N.C=O.C=O.CN1CCN(C)CC1. The van der Waals surface area contributed by atoms with Gasteiger partial charge < -0.3 is 25.1 Å². The smallest absolute Gasteiger partial charge is 0.382 e. The van der Waals surface area contributed by atoms with Crippen LogP contribution in [0.3, 0.4) is 0 Å². The lowest BCUT2D eigenvalue weighted by atomic mass is 10.0. The number of alkyl halides is 3. The van der Waals surface area contributed by atoms with Crippen molar-refractivity contribution in [2.45, 2.75) is 20.0 Å². The van der Waals surface area contributed by atoms with Gasteiger partial charge in [-0.15, -0.1) is 0 Å². The number of likely N-dealkylation sites (N-methyl/N-ethyl adjacent to an activating group) is 2. The number of benzene rings is 1. The third kappa shape index (κ3) is 11.1. The number of aryl methyl sites for hydroxylation is 1. The van der Waals surface area contributed by atoms with Gasteiger partial charge in [-0.25, -0.2) is 9.97 Å². The minimum atomic E-state index is -4.44. The lowest BCUT2D eigenvalue weighted by molar-refractivity contribution is -0.138. The summed E-state index contributed by atoms with van der Waals surface area (Å²) in [5.41, 5.74) is 6.06. The van der Waals surface area contributed by atoms with Gasteiger partial charge in [0.2, 0.25) is 5.78 Å². The molecule has 0 bridgehead atoms. The molecule has 1 aliphatic heterocycles. The second kappa shape index (κ2) is 17.5. The van der Waals surface area contributed by atoms with Crippen LogP contribution in [0.1, 0.15) is 28.5 Å². The molecule has 2 heterocycles. The van der Waals surface area contributed by atoms with Gasteiger partial charge in [0, 0.05) is 37.3 Å². The number of carbonyl (C=O) groups is 3. The number of halogens is 3. The predicted octanol–water partition coefficient (Wildman–Crippen LogP) is 4.42. The summed E-state index contributed by atoms with van der Waals surface area (Å²) in [7, 11) is 4.35. The number of aromatic nitrogens is 2. The summed E-state index contributed by atoms with van der Waals surface area (Å²) in [6.45, 7) is 15.5. The first-order valence-corrected chi connectivity index (χ1v) is 11.7. The van der Waals surface area contributed by atoms with Crippen molar-refractivity contribution in [1.82, 2.24) is 19.8 Å². The van der Waals surface area contributed by atoms with E-state index < -0.39 is 17.5 Å². The first-order valence-electron chi connectivity index (χ1n) is 11.7. The number of nitrogen functional groups attached to an aromatic ring is 1. The van der Waals surface area contributed by atoms with E-state index in [9.17, 15) is 18.0 Å². The molecule has 0 radical (unpaired) electrons. The van der Waals surface area contributed by atoms with Gasteiger partial charge in [-0.2, -0.15) is 13.2 Å². The van der Waals surface area contributed by atoms with Gasteiger partial charge in [-0.05, 0) is 45.6 Å². The number of anilines is 1. The van der Waals surface area contributed by atoms with E-state index >= 15 is 0 Å². The molecule has 8 nitrogen and oxygen atoms in total. The van der Waals surface area contributed by atoms with Crippen LogP contribution in [0.15, 0.2) is 60.9 Å². The topological polar surface area (TPSA) is 109 Å². The minimum absolute atomic E-state index is 0.0505. The molecule has 0 saturated carbocycles. The highest BCUT2D eigenvalue weighted by Crippen LogP contribution is 2.33. The highest BCUT2D eigenvalue weighted by molar-refractivity contribution is 6.11. The van der Waals surface area contributed by atoms with E-state index in [1.54, 1.807) is 25.2 Å². The van der Waals surface area contributed by atoms with Crippen LogP contribution >= 0.6 is 0 Å². The Hall–Kier alpha value is -3.96. The molecule has 1 aliphatic rings. The summed E-state index contributed by atoms with van der Waals surface area (Å²) >= 11 is 0. The van der Waals surface area contributed by atoms with Crippen LogP contribution in [-0.4, -0.2) is 79.4 Å². The molecule has 39 heavy (non-hydrogen) atoms. The zero-order chi connectivity index (χ0) is 30.2. The van der Waals surface area contributed by atoms with Gasteiger partial charge in [0.1, 0.15) is 13.6 Å². The molecule has 1 fully saturated rings. The monoisotopic (exact) mass is 547 g/mol. The molecule has 0 unspecified atom stereocenters. The molecule has 2 N–H and O–H groups in total. The number of carbonyl (C=O) groups excluding carboxylic acids is 3. The summed E-state index contributed by atoms with van der Waals surface area (Å²) in [6.07, 6.45) is 3.16. The number of ketones is 1. The minimum Gasteiger partial charge on any atom is -0.382 e. The summed E-state index contributed by atoms with van der Waals surface area (Å²) in [5.74, 6) is -0.496. The fourth-order valence-corrected chi connectivity index (χ4v) is 3.36. The van der Waals surface area contributed by atoms with Crippen molar-refractivity contribution in [3.8, 4) is 11.3 Å². The highest BCUT2D eigenvalue weighted by Gasteiger charge is 2.32. The van der Waals surface area contributed by atoms with E-state index in [1.165, 1.54) is 57.5 Å². The molecule has 1 aromatic carbocycles. The zero-order valence-corrected chi connectivity index (χ0v) is 22.8. The van der Waals surface area contributed by atoms with Crippen LogP contribution in [0.4, 0.5) is 19.0 Å². The van der Waals surface area contributed by atoms with Crippen LogP contribution in [0.5, 0.6) is 0 Å². The second-order valence-corrected chi connectivity index (χ2v) is 8.29. The van der Waals surface area contributed by atoms with Crippen molar-refractivity contribution in [3.05, 3.63) is 77.7 Å². The van der Waals surface area contributed by atoms with Crippen molar-refractivity contribution in [2.75, 3.05) is 46.0 Å². The first-order chi connectivity index (χ1) is 18.5. The second-order valence-electron chi connectivity index (χ2n) is 8.29. The van der Waals surface area contributed by atoms with Gasteiger partial charge in [-0.1, -0.05) is 36.9 Å². The largest absolute Gasteiger partial charge is 0.416 e. The van der Waals surface area contributed by atoms with Gasteiger partial charge in [0.05, 0.1) is 17.5 Å². The Labute approximate surface area is 227 Å². The van der Waals surface area contributed by atoms with Crippen LogP contribution in [-0.2, 0) is 15.8 Å². The van der Waals surface area contributed by atoms with E-state index in [1.807, 2.05) is 13.6 Å². The van der Waals surface area contributed by atoms with Gasteiger partial charge in [0.15, 0.2) is 11.5 Å². The van der Waals surface area contributed by atoms with E-state index in [4.69, 9.17) is 15.3 Å². The lowest BCUT2D eigenvalue weighted by Gasteiger charge is -2.28. The molecule has 3 rings (SSSR count). The molecule has 212 valence electrons. The molecule has 1 saturated heterocycles. The Kier molecular flexibility index (Phi) is 15.8. The maximum absolute atomic E-state index is 12.9. The molecular formula is C28H36F3N5O3. The van der Waals surface area contributed by atoms with Crippen LogP contribution in [0, 0.1) is 6.92 Å². The summed E-state index contributed by atoms with van der Waals surface area (Å²) in [4.78, 5) is 41.6. The summed E-state index contributed by atoms with van der Waals surface area (Å²) in [6, 6.07) is 3.62. The number of nitrogens with zero attached hydrogens (tertiary/aromatic N) is 4. The Morgan fingerprint density at radius 3 is 2.03 bits per heavy atom. The Morgan fingerprint density at radius 1 is 1.05 bits per heavy atom. The van der Waals surface area contributed by atoms with Crippen molar-refractivity contribution in [2.24, 2.45) is 0 Å². The fraction of sp³-hybridized carbons (Fsp3) is 0.321. The van der Waals surface area contributed by atoms with Gasteiger partial charge in [-0.3, -0.25) is 4.79 Å². The molecule has 0 atom stereocenters. The Bertz CT molecular complexity index is 1130. The predicted molar refractivity (Wildman–Crippen MR) is 148 cm³/mol. The molecule has 0 aliphatic carbocycles. The average Bonchev–Trinajstić information content (AvgIpc) is 2.92. The first kappa shape index (κ1) is 35.0. The Morgan fingerprint density at radius 2 is 1.59 bits per heavy atom. The zero-order valence-electron chi connectivity index (χ0n) is 22.8. The summed E-state index contributed by atoms with van der Waals surface area (Å²) < 4.78 is 38.8. The highest BCUT2D eigenvalue weighted by atomic mass is 19.4. The number of Topliss-reactive ketones (excluding diaryl/α,β-unsaturated/α-hetero) is 1. The maximum Gasteiger partial charge on any atom is 0.416 e. The lowest BCUT2D eigenvalue weighted by Crippen LogP contribution is -2.42. The fourth-order valence-electron chi connectivity index (χ4n) is 3.36. The van der Waals surface area contributed by atoms with Crippen LogP contribution < -0.4 is 5.73 Å². The normalized spacial score (nSPS) is 14.2. The molecule has 0 spiro atoms. The van der Waals surface area contributed by atoms with E-state index in [0.29, 0.717) is 11.1 Å². The third-order valence-electron chi connectivity index (χ3n) is 5.56. The van der Waals surface area contributed by atoms with Crippen LogP contribution in [0.2, 0.25) is 0 Å². The summed E-state index contributed by atoms with van der Waals surface area (Å²) in [5, 5.41) is 0. The standard InChI is InChI=1S/C20H18F3N3O.C6H14N2.2CH2O/c1-4-6-7-13(5-2)18(27)17-19(24)25-11-16(26-17)14-8-9-15(12(3)10-14)20(21,22)23;1-7-3-5-8(2)6-4-7;2*1-2/h4-11H,1H2,2-3H3,(H2,24,25);3-6H2,1-2H3;2*1H2/b7-6-,13-5+;;;. The maximum atomic E-state index is 12.9. The Balaban J connectivity index is 0.00000101. The van der Waals surface area contributed by atoms with Crippen LogP contribution in [0.25, 0.3) is 11.3 Å². The van der Waals surface area contributed by atoms with Gasteiger partial charge in [0.25, 0.3) is 0 Å². The number of hydrogen-bond donors (Lipinski definition) is 1. The number of nitrogens with two attached hydrogens (primary N) is 1. The number of rotatable bonds is 5. The quantitative estimate of drug-likeness (QED) is 0.333. The molecule has 2 aromatic rings. The van der Waals surface area contributed by atoms with Crippen molar-refractivity contribution >= 4 is 25.2 Å². The van der Waals surface area contributed by atoms with E-state index in [-0.39, 0.29) is 22.8 Å². The molecule has 0 amide bonds. The average molecular weight is 548 g/mol. The third-order valence-corrected chi connectivity index (χ3v) is 5.56. The van der Waals surface area contributed by atoms with Crippen molar-refractivity contribution < 1.29 is 27.6 Å². The number of hydrogen-bond acceptors (Lipinski definition) is 8. The molecular weight excluding hydrogens is 511 g/mol.